The van der Waals surface area contributed by atoms with Gasteiger partial charge in [-0.1, -0.05) is 235 Å². The van der Waals surface area contributed by atoms with E-state index in [0.717, 1.165) is 82.3 Å². The molecule has 0 saturated heterocycles. The molecule has 0 bridgehead atoms. The summed E-state index contributed by atoms with van der Waals surface area (Å²) in [7, 11) is 0. The van der Waals surface area contributed by atoms with Gasteiger partial charge >= 0.3 is 0 Å². The van der Waals surface area contributed by atoms with Crippen molar-refractivity contribution in [1.29, 1.82) is 0 Å². The molecule has 99 heavy (non-hydrogen) atoms. The molecule has 2 aliphatic heterocycles. The Labute approximate surface area is 592 Å². The first-order valence-electron chi connectivity index (χ1n) is 40.0. The van der Waals surface area contributed by atoms with Crippen molar-refractivity contribution in [3.05, 3.63) is 308 Å². The van der Waals surface area contributed by atoms with E-state index in [4.69, 9.17) is 12.9 Å². The molecule has 14 aromatic carbocycles. The van der Waals surface area contributed by atoms with Crippen LogP contribution < -0.4 is 26.2 Å². The molecule has 0 radical (unpaired) electrons. The Morgan fingerprint density at radius 1 is 0.323 bits per heavy atom. The average Bonchev–Trinajstić information content (AvgIpc) is 1.62. The summed E-state index contributed by atoms with van der Waals surface area (Å²) in [5.74, 6) is 0. The molecular weight excluding hydrogens is 1200 g/mol. The third-order valence-electron chi connectivity index (χ3n) is 20.5. The summed E-state index contributed by atoms with van der Waals surface area (Å²) in [5, 5.41) is 4.99. The van der Waals surface area contributed by atoms with Crippen LogP contribution in [0.15, 0.2) is 306 Å². The van der Waals surface area contributed by atoms with E-state index in [1.165, 1.54) is 11.1 Å². The second kappa shape index (κ2) is 21.2. The lowest BCUT2D eigenvalue weighted by Crippen LogP contribution is -2.61. The van der Waals surface area contributed by atoms with Crippen molar-refractivity contribution in [2.75, 3.05) is 9.80 Å². The van der Waals surface area contributed by atoms with E-state index >= 15 is 0 Å². The summed E-state index contributed by atoms with van der Waals surface area (Å²) in [4.78, 5) is 4.47. The molecule has 7 heteroatoms. The Balaban J connectivity index is 1.03. The predicted molar refractivity (Wildman–Crippen MR) is 417 cm³/mol. The van der Waals surface area contributed by atoms with E-state index in [2.05, 4.69) is 135 Å². The Bertz CT molecular complexity index is 7060. The Morgan fingerprint density at radius 2 is 0.778 bits per heavy atom. The van der Waals surface area contributed by atoms with Crippen molar-refractivity contribution < 1.29 is 26.7 Å². The van der Waals surface area contributed by atoms with Gasteiger partial charge in [0.1, 0.15) is 22.3 Å². The first-order chi connectivity index (χ1) is 53.8. The van der Waals surface area contributed by atoms with E-state index in [1.807, 2.05) is 140 Å². The van der Waals surface area contributed by atoms with Crippen molar-refractivity contribution in [3.63, 3.8) is 0 Å². The van der Waals surface area contributed by atoms with Gasteiger partial charge in [0.25, 0.3) is 6.71 Å². The monoisotopic (exact) mass is 1280 g/mol. The van der Waals surface area contributed by atoms with Gasteiger partial charge in [-0.3, -0.25) is 0 Å². The van der Waals surface area contributed by atoms with Crippen molar-refractivity contribution in [1.82, 2.24) is 9.13 Å². The third-order valence-corrected chi connectivity index (χ3v) is 20.5. The van der Waals surface area contributed by atoms with Crippen molar-refractivity contribution in [3.8, 4) is 44.8 Å². The minimum Gasteiger partial charge on any atom is -0.456 e. The normalized spacial score (nSPS) is 14.9. The first-order valence-corrected chi connectivity index (χ1v) is 33.5. The van der Waals surface area contributed by atoms with Crippen molar-refractivity contribution in [2.45, 2.75) is 52.4 Å². The number of fused-ring (bicyclic) bond motifs is 16. The van der Waals surface area contributed by atoms with Crippen LogP contribution in [0.2, 0.25) is 0 Å². The lowest BCUT2D eigenvalue weighted by molar-refractivity contribution is 0.590. The van der Waals surface area contributed by atoms with Crippen LogP contribution in [0, 0.1) is 0 Å². The highest BCUT2D eigenvalue weighted by Crippen LogP contribution is 2.55. The standard InChI is InChI=1S/C92H67BN4O2/c1-91(2,3)60-39-46-76-70(51-60)71-52-61(92(4,5)6)40-47-77(71)94(76)62-41-45-73-79(53-62)97(90-65(58-28-14-9-15-29-58)43-49-85-87(90)69-33-19-23-37-83(69)99-85)81-55-63(95-74-34-20-16-30-66(74)67-31-17-21-35-75(67)95)54-80-88(81)93(73)72-44-38-59(56-24-10-7-11-25-56)50-78(72)96(80)89-64(57-26-12-8-13-27-57)42-48-84-86(89)68-32-18-22-36-82(68)98-84/h7-55H,1-6H3/i7D,10D,11D,16D,17D,20D,21D,24D,25D,30D,31D,34D,35D. The molecule has 18 aromatic rings. The third kappa shape index (κ3) is 8.56. The second-order valence-corrected chi connectivity index (χ2v) is 28.2. The minimum atomic E-state index is -0.754. The van der Waals surface area contributed by atoms with E-state index in [-0.39, 0.29) is 43.9 Å². The van der Waals surface area contributed by atoms with E-state index in [9.17, 15) is 13.7 Å². The minimum absolute atomic E-state index is 0.0260. The van der Waals surface area contributed by atoms with Gasteiger partial charge in [-0.2, -0.15) is 0 Å². The highest BCUT2D eigenvalue weighted by Gasteiger charge is 2.46. The van der Waals surface area contributed by atoms with Gasteiger partial charge in [-0.05, 0) is 164 Å². The maximum atomic E-state index is 10.1. The zero-order valence-electron chi connectivity index (χ0n) is 68.0. The zero-order valence-corrected chi connectivity index (χ0v) is 55.0. The maximum Gasteiger partial charge on any atom is 0.252 e. The van der Waals surface area contributed by atoms with Crippen LogP contribution in [0.5, 0.6) is 0 Å². The SMILES string of the molecule is [2H]c1c([2H])c([2H])c(-c2ccc3c(c2)N(c2c(-c4ccccc4)ccc4oc5ccccc5c24)c2cc(-n4c5c([2H])c([2H])c([2H])c([2H])c5c5c([2H])c([2H])c([2H])c([2H])c54)cc4c2B3c2ccc(-n3c5ccc(C(C)(C)C)cc5c5cc(C(C)(C)C)ccc53)cc2N4c2c(-c3ccccc3)ccc3oc4ccccc4c23)c([2H])c1[2H]. The molecule has 6 nitrogen and oxygen atoms in total. The van der Waals surface area contributed by atoms with Gasteiger partial charge in [-0.25, -0.2) is 0 Å². The highest BCUT2D eigenvalue weighted by molar-refractivity contribution is 7.00. The summed E-state index contributed by atoms with van der Waals surface area (Å²) in [6.45, 7) is 12.6. The number of aromatic nitrogens is 2. The predicted octanol–water partition coefficient (Wildman–Crippen LogP) is 23.4. The quantitative estimate of drug-likeness (QED) is 0.149. The lowest BCUT2D eigenvalue weighted by atomic mass is 9.33. The summed E-state index contributed by atoms with van der Waals surface area (Å²) < 4.78 is 142. The number of nitrogens with zero attached hydrogens (tertiary/aromatic N) is 4. The van der Waals surface area contributed by atoms with Crippen LogP contribution in [-0.2, 0) is 10.8 Å². The van der Waals surface area contributed by atoms with Crippen LogP contribution >= 0.6 is 0 Å². The molecule has 0 unspecified atom stereocenters. The van der Waals surface area contributed by atoms with Crippen LogP contribution in [0.4, 0.5) is 34.1 Å². The fourth-order valence-corrected chi connectivity index (χ4v) is 15.9. The highest BCUT2D eigenvalue weighted by atomic mass is 16.3. The van der Waals surface area contributed by atoms with Crippen molar-refractivity contribution >= 4 is 145 Å². The number of hydrogen-bond acceptors (Lipinski definition) is 4. The number of benzene rings is 14. The summed E-state index contributed by atoms with van der Waals surface area (Å²) >= 11 is 0. The fourth-order valence-electron chi connectivity index (χ4n) is 15.9. The number of rotatable bonds is 7. The van der Waals surface area contributed by atoms with Crippen LogP contribution in [-0.4, -0.2) is 15.8 Å². The molecule has 0 N–H and O–H groups in total. The molecule has 20 rings (SSSR count). The number of furan rings is 2. The summed E-state index contributed by atoms with van der Waals surface area (Å²) in [6, 6.07) is 67.3. The smallest absolute Gasteiger partial charge is 0.252 e. The van der Waals surface area contributed by atoms with Gasteiger partial charge in [0.15, 0.2) is 0 Å². The molecule has 4 aromatic heterocycles. The van der Waals surface area contributed by atoms with Gasteiger partial charge in [0.2, 0.25) is 0 Å². The van der Waals surface area contributed by atoms with Crippen LogP contribution in [0.3, 0.4) is 0 Å². The van der Waals surface area contributed by atoms with Crippen LogP contribution in [0.25, 0.3) is 132 Å². The molecule has 0 amide bonds. The van der Waals surface area contributed by atoms with Crippen molar-refractivity contribution in [2.24, 2.45) is 0 Å². The molecule has 0 aliphatic carbocycles. The second-order valence-electron chi connectivity index (χ2n) is 28.2. The van der Waals surface area contributed by atoms with Gasteiger partial charge in [0.05, 0.1) is 67.7 Å². The molecule has 0 fully saturated rings. The van der Waals surface area contributed by atoms with Gasteiger partial charge < -0.3 is 27.8 Å². The van der Waals surface area contributed by atoms with Crippen LogP contribution in [0.1, 0.15) is 70.5 Å². The number of anilines is 6. The Hall–Kier alpha value is -12.1. The topological polar surface area (TPSA) is 42.6 Å². The van der Waals surface area contributed by atoms with Gasteiger partial charge in [-0.15, -0.1) is 0 Å². The molecule has 0 spiro atoms. The van der Waals surface area contributed by atoms with E-state index < -0.39 is 85.3 Å². The molecule has 0 saturated carbocycles. The molecule has 0 atom stereocenters. The first kappa shape index (κ1) is 45.4. The lowest BCUT2D eigenvalue weighted by Gasteiger charge is -2.45. The fraction of sp³-hybridized carbons (Fsp3) is 0.0870. The molecule has 6 heterocycles. The van der Waals surface area contributed by atoms with Gasteiger partial charge in [0, 0.05) is 71.9 Å². The molecular formula is C92H67BN4O2. The number of hydrogen-bond donors (Lipinski definition) is 0. The molecule has 470 valence electrons. The summed E-state index contributed by atoms with van der Waals surface area (Å²) in [5.41, 5.74) is 16.6. The Kier molecular flexibility index (Phi) is 9.73. The number of para-hydroxylation sites is 4. The Morgan fingerprint density at radius 3 is 1.30 bits per heavy atom. The zero-order chi connectivity index (χ0) is 77.5. The maximum absolute atomic E-state index is 10.1. The summed E-state index contributed by atoms with van der Waals surface area (Å²) in [6.07, 6.45) is 0. The van der Waals surface area contributed by atoms with E-state index in [1.54, 1.807) is 4.57 Å². The van der Waals surface area contributed by atoms with E-state index in [0.29, 0.717) is 67.4 Å². The molecule has 2 aliphatic rings. The average molecular weight is 1280 g/mol. The largest absolute Gasteiger partial charge is 0.456 e.